The van der Waals surface area contributed by atoms with E-state index in [1.807, 2.05) is 12.1 Å². The molecule has 3 unspecified atom stereocenters. The topological polar surface area (TPSA) is 53.4 Å². The van der Waals surface area contributed by atoms with Gasteiger partial charge in [-0.25, -0.2) is 0 Å². The van der Waals surface area contributed by atoms with E-state index in [2.05, 4.69) is 52.0 Å². The van der Waals surface area contributed by atoms with Crippen LogP contribution < -0.4 is 9.47 Å². The second-order valence-corrected chi connectivity index (χ2v) is 8.89. The summed E-state index contributed by atoms with van der Waals surface area (Å²) in [6, 6.07) is 12.8. The van der Waals surface area contributed by atoms with Crippen molar-refractivity contribution in [3.05, 3.63) is 81.8 Å². The molecule has 5 nitrogen and oxygen atoms in total. The van der Waals surface area contributed by atoms with Gasteiger partial charge in [-0.05, 0) is 73.2 Å². The number of benzene rings is 2. The number of hydrogen-bond acceptors (Lipinski definition) is 5. The molecule has 168 valence electrons. The van der Waals surface area contributed by atoms with E-state index in [0.717, 1.165) is 59.1 Å². The van der Waals surface area contributed by atoms with Gasteiger partial charge in [-0.15, -0.1) is 0 Å². The van der Waals surface area contributed by atoms with Gasteiger partial charge in [0.15, 0.2) is 0 Å². The molecule has 5 heteroatoms. The summed E-state index contributed by atoms with van der Waals surface area (Å²) < 4.78 is 28.8. The molecule has 2 fully saturated rings. The Morgan fingerprint density at radius 1 is 0.906 bits per heavy atom. The number of hydrogen-bond donors (Lipinski definition) is 0. The third kappa shape index (κ3) is 4.27. The number of epoxide rings is 1. The molecule has 3 atom stereocenters. The minimum absolute atomic E-state index is 0.0189. The molecule has 2 saturated heterocycles. The van der Waals surface area contributed by atoms with Gasteiger partial charge in [-0.3, -0.25) is 0 Å². The van der Waals surface area contributed by atoms with Gasteiger partial charge in [0.2, 0.25) is 6.29 Å². The van der Waals surface area contributed by atoms with Crippen LogP contribution in [0.25, 0.3) is 0 Å². The second-order valence-electron chi connectivity index (χ2n) is 8.89. The minimum atomic E-state index is -0.127. The summed E-state index contributed by atoms with van der Waals surface area (Å²) in [5.74, 6) is 2.75. The normalized spacial score (nSPS) is 20.5. The maximum absolute atomic E-state index is 6.08. The van der Waals surface area contributed by atoms with Crippen LogP contribution in [0.15, 0.2) is 47.1 Å². The Morgan fingerprint density at radius 3 is 1.97 bits per heavy atom. The maximum Gasteiger partial charge on any atom is 0.202 e. The third-order valence-corrected chi connectivity index (χ3v) is 6.18. The molecule has 0 N–H and O–H groups in total. The number of furan rings is 1. The minimum Gasteiger partial charge on any atom is -0.490 e. The Labute approximate surface area is 189 Å². The zero-order chi connectivity index (χ0) is 22.2. The Kier molecular flexibility index (Phi) is 5.70. The highest BCUT2D eigenvalue weighted by molar-refractivity contribution is 5.52. The first kappa shape index (κ1) is 21.1. The van der Waals surface area contributed by atoms with Gasteiger partial charge in [-0.2, -0.15) is 0 Å². The SMILES string of the molecule is Cc1cc(C(c2cc(C)c(OC3CCO3)c(C)c2)c2ccco2)cc(C)c1OCC1CO1. The Bertz CT molecular complexity index is 1050. The van der Waals surface area contributed by atoms with Crippen molar-refractivity contribution < 1.29 is 23.4 Å². The molecular formula is C27H30O5. The highest BCUT2D eigenvalue weighted by Gasteiger charge is 2.27. The van der Waals surface area contributed by atoms with Gasteiger partial charge < -0.3 is 23.4 Å². The van der Waals surface area contributed by atoms with Gasteiger partial charge in [0.1, 0.15) is 30.0 Å². The van der Waals surface area contributed by atoms with Gasteiger partial charge >= 0.3 is 0 Å². The van der Waals surface area contributed by atoms with Crippen molar-refractivity contribution in [1.29, 1.82) is 0 Å². The van der Waals surface area contributed by atoms with E-state index >= 15 is 0 Å². The lowest BCUT2D eigenvalue weighted by atomic mass is 9.85. The molecule has 0 saturated carbocycles. The standard InChI is InChI=1S/C27H30O5/c1-16-10-20(11-17(2)26(16)31-15-22-14-30-22)25(23-6-5-8-28-23)21-12-18(3)27(19(4)13-21)32-24-7-9-29-24/h5-6,8,10-13,22,24-25H,7,9,14-15H2,1-4H3. The number of ether oxygens (including phenoxy) is 4. The summed E-state index contributed by atoms with van der Waals surface area (Å²) in [5, 5.41) is 0. The average Bonchev–Trinajstić information content (AvgIpc) is 3.38. The van der Waals surface area contributed by atoms with E-state index in [4.69, 9.17) is 23.4 Å². The maximum atomic E-state index is 6.08. The lowest BCUT2D eigenvalue weighted by molar-refractivity contribution is -0.165. The Balaban J connectivity index is 1.51. The number of rotatable bonds is 8. The zero-order valence-electron chi connectivity index (χ0n) is 19.1. The summed E-state index contributed by atoms with van der Waals surface area (Å²) in [7, 11) is 0. The highest BCUT2D eigenvalue weighted by Crippen LogP contribution is 2.39. The summed E-state index contributed by atoms with van der Waals surface area (Å²) in [6.07, 6.45) is 2.79. The molecule has 32 heavy (non-hydrogen) atoms. The van der Waals surface area contributed by atoms with Crippen molar-refractivity contribution >= 4 is 0 Å². The van der Waals surface area contributed by atoms with Crippen molar-refractivity contribution in [3.8, 4) is 11.5 Å². The van der Waals surface area contributed by atoms with Crippen molar-refractivity contribution in [2.24, 2.45) is 0 Å². The van der Waals surface area contributed by atoms with E-state index in [9.17, 15) is 0 Å². The molecule has 2 aliphatic rings. The van der Waals surface area contributed by atoms with Crippen molar-refractivity contribution in [2.75, 3.05) is 19.8 Å². The summed E-state index contributed by atoms with van der Waals surface area (Å²) in [5.41, 5.74) is 6.80. The van der Waals surface area contributed by atoms with Crippen LogP contribution in [-0.2, 0) is 9.47 Å². The van der Waals surface area contributed by atoms with Crippen LogP contribution in [0.5, 0.6) is 11.5 Å². The van der Waals surface area contributed by atoms with Crippen LogP contribution in [0.1, 0.15) is 51.5 Å². The molecule has 2 aromatic carbocycles. The Morgan fingerprint density at radius 2 is 1.50 bits per heavy atom. The number of aryl methyl sites for hydroxylation is 4. The van der Waals surface area contributed by atoms with Crippen LogP contribution in [0.3, 0.4) is 0 Å². The lowest BCUT2D eigenvalue weighted by Gasteiger charge is -2.29. The molecule has 0 amide bonds. The van der Waals surface area contributed by atoms with Gasteiger partial charge in [0.05, 0.1) is 25.4 Å². The largest absolute Gasteiger partial charge is 0.490 e. The van der Waals surface area contributed by atoms with E-state index < -0.39 is 0 Å². The predicted molar refractivity (Wildman–Crippen MR) is 122 cm³/mol. The zero-order valence-corrected chi connectivity index (χ0v) is 19.1. The van der Waals surface area contributed by atoms with E-state index in [1.54, 1.807) is 6.26 Å². The molecule has 0 aliphatic carbocycles. The first-order chi connectivity index (χ1) is 15.5. The lowest BCUT2D eigenvalue weighted by Crippen LogP contribution is -2.32. The predicted octanol–water partition coefficient (Wildman–Crippen LogP) is 5.60. The molecule has 3 aromatic rings. The smallest absolute Gasteiger partial charge is 0.202 e. The molecule has 0 spiro atoms. The second kappa shape index (κ2) is 8.64. The molecular weight excluding hydrogens is 404 g/mol. The summed E-state index contributed by atoms with van der Waals surface area (Å²) in [6.45, 7) is 10.6. The molecule has 1 aromatic heterocycles. The fourth-order valence-electron chi connectivity index (χ4n) is 4.47. The van der Waals surface area contributed by atoms with Crippen molar-refractivity contribution in [3.63, 3.8) is 0 Å². The molecule has 2 aliphatic heterocycles. The van der Waals surface area contributed by atoms with Crippen LogP contribution in [-0.4, -0.2) is 32.2 Å². The van der Waals surface area contributed by atoms with E-state index in [0.29, 0.717) is 6.61 Å². The third-order valence-electron chi connectivity index (χ3n) is 6.18. The molecule has 0 radical (unpaired) electrons. The molecule has 3 heterocycles. The van der Waals surface area contributed by atoms with E-state index in [-0.39, 0.29) is 18.3 Å². The fourth-order valence-corrected chi connectivity index (χ4v) is 4.47. The van der Waals surface area contributed by atoms with Crippen molar-refractivity contribution in [2.45, 2.75) is 52.4 Å². The van der Waals surface area contributed by atoms with Gasteiger partial charge in [0.25, 0.3) is 0 Å². The monoisotopic (exact) mass is 434 g/mol. The van der Waals surface area contributed by atoms with Gasteiger partial charge in [-0.1, -0.05) is 24.3 Å². The fraction of sp³-hybridized carbons (Fsp3) is 0.407. The van der Waals surface area contributed by atoms with E-state index in [1.165, 1.54) is 11.1 Å². The molecule has 0 bridgehead atoms. The van der Waals surface area contributed by atoms with Crippen LogP contribution >= 0.6 is 0 Å². The first-order valence-electron chi connectivity index (χ1n) is 11.3. The Hall–Kier alpha value is -2.76. The van der Waals surface area contributed by atoms with Crippen LogP contribution in [0.4, 0.5) is 0 Å². The van der Waals surface area contributed by atoms with Gasteiger partial charge in [0, 0.05) is 6.42 Å². The average molecular weight is 435 g/mol. The van der Waals surface area contributed by atoms with Crippen LogP contribution in [0.2, 0.25) is 0 Å². The summed E-state index contributed by atoms with van der Waals surface area (Å²) in [4.78, 5) is 0. The van der Waals surface area contributed by atoms with Crippen molar-refractivity contribution in [1.82, 2.24) is 0 Å². The van der Waals surface area contributed by atoms with Crippen LogP contribution in [0, 0.1) is 27.7 Å². The molecule has 5 rings (SSSR count). The highest BCUT2D eigenvalue weighted by atomic mass is 16.7. The quantitative estimate of drug-likeness (QED) is 0.432. The summed E-state index contributed by atoms with van der Waals surface area (Å²) >= 11 is 0. The first-order valence-corrected chi connectivity index (χ1v) is 11.3.